The van der Waals surface area contributed by atoms with E-state index >= 15 is 0 Å². The molecule has 1 heteroatoms. The molecular weight excluding hydrogens is 158 g/mol. The Hall–Kier alpha value is -1.29. The molecule has 0 atom stereocenters. The third-order valence-corrected chi connectivity index (χ3v) is 2.57. The van der Waals surface area contributed by atoms with Crippen LogP contribution in [0.1, 0.15) is 42.0 Å². The molecule has 0 aliphatic heterocycles. The Morgan fingerprint density at radius 1 is 1.15 bits per heavy atom. The fourth-order valence-corrected chi connectivity index (χ4v) is 1.59. The summed E-state index contributed by atoms with van der Waals surface area (Å²) in [7, 11) is 0. The minimum absolute atomic E-state index is 0.534. The maximum atomic E-state index is 8.82. The molecule has 0 aromatic heterocycles. The summed E-state index contributed by atoms with van der Waals surface area (Å²) in [5.74, 6) is 0.534. The van der Waals surface area contributed by atoms with Gasteiger partial charge in [0.25, 0.3) is 0 Å². The molecule has 0 spiro atoms. The Balaban J connectivity index is 3.33. The highest BCUT2D eigenvalue weighted by Crippen LogP contribution is 2.23. The summed E-state index contributed by atoms with van der Waals surface area (Å²) in [5.41, 5.74) is 4.51. The standard InChI is InChI=1S/C12H15N/c1-8(2)12-6-5-11(7-13)9(3)10(12)4/h5-6,8H,1-4H3. The van der Waals surface area contributed by atoms with Crippen molar-refractivity contribution >= 4 is 0 Å². The van der Waals surface area contributed by atoms with Crippen LogP contribution < -0.4 is 0 Å². The molecule has 0 heterocycles. The number of benzene rings is 1. The number of hydrogen-bond acceptors (Lipinski definition) is 1. The molecular formula is C12H15N. The minimum Gasteiger partial charge on any atom is -0.192 e. The average molecular weight is 173 g/mol. The van der Waals surface area contributed by atoms with Crippen LogP contribution in [0.4, 0.5) is 0 Å². The van der Waals surface area contributed by atoms with Crippen molar-refractivity contribution in [1.29, 1.82) is 5.26 Å². The first-order valence-corrected chi connectivity index (χ1v) is 4.58. The van der Waals surface area contributed by atoms with Crippen LogP contribution in [0, 0.1) is 25.2 Å². The van der Waals surface area contributed by atoms with Gasteiger partial charge in [-0.05, 0) is 42.5 Å². The van der Waals surface area contributed by atoms with Crippen LogP contribution >= 0.6 is 0 Å². The summed E-state index contributed by atoms with van der Waals surface area (Å²) in [4.78, 5) is 0. The van der Waals surface area contributed by atoms with Gasteiger partial charge in [-0.1, -0.05) is 19.9 Å². The summed E-state index contributed by atoms with van der Waals surface area (Å²) >= 11 is 0. The minimum atomic E-state index is 0.534. The number of nitrogens with zero attached hydrogens (tertiary/aromatic N) is 1. The van der Waals surface area contributed by atoms with E-state index in [1.54, 1.807) is 0 Å². The summed E-state index contributed by atoms with van der Waals surface area (Å²) in [6.07, 6.45) is 0. The number of nitriles is 1. The van der Waals surface area contributed by atoms with Gasteiger partial charge in [-0.25, -0.2) is 0 Å². The molecule has 1 aromatic rings. The Morgan fingerprint density at radius 2 is 1.77 bits per heavy atom. The highest BCUT2D eigenvalue weighted by Gasteiger charge is 2.07. The van der Waals surface area contributed by atoms with Crippen LogP contribution in [0.3, 0.4) is 0 Å². The predicted octanol–water partition coefficient (Wildman–Crippen LogP) is 3.30. The molecule has 0 N–H and O–H groups in total. The van der Waals surface area contributed by atoms with Gasteiger partial charge in [0.2, 0.25) is 0 Å². The molecule has 1 rings (SSSR count). The van der Waals surface area contributed by atoms with E-state index in [1.807, 2.05) is 13.0 Å². The van der Waals surface area contributed by atoms with Crippen molar-refractivity contribution in [3.05, 3.63) is 34.4 Å². The van der Waals surface area contributed by atoms with Crippen molar-refractivity contribution in [2.24, 2.45) is 0 Å². The van der Waals surface area contributed by atoms with Crippen LogP contribution in [0.25, 0.3) is 0 Å². The smallest absolute Gasteiger partial charge is 0.0994 e. The molecule has 0 unspecified atom stereocenters. The van der Waals surface area contributed by atoms with E-state index in [9.17, 15) is 0 Å². The molecule has 0 saturated heterocycles. The third-order valence-electron chi connectivity index (χ3n) is 2.57. The summed E-state index contributed by atoms with van der Waals surface area (Å²) in [5, 5.41) is 8.82. The van der Waals surface area contributed by atoms with E-state index in [0.29, 0.717) is 5.92 Å². The normalized spacial score (nSPS) is 10.2. The second-order valence-electron chi connectivity index (χ2n) is 3.72. The first-order chi connectivity index (χ1) is 6.07. The molecule has 0 saturated carbocycles. The maximum Gasteiger partial charge on any atom is 0.0994 e. The number of rotatable bonds is 1. The molecule has 0 aliphatic rings. The number of hydrogen-bond donors (Lipinski definition) is 0. The highest BCUT2D eigenvalue weighted by atomic mass is 14.2. The average Bonchev–Trinajstić information content (AvgIpc) is 2.09. The van der Waals surface area contributed by atoms with E-state index in [1.165, 1.54) is 11.1 Å². The fourth-order valence-electron chi connectivity index (χ4n) is 1.59. The van der Waals surface area contributed by atoms with Crippen LogP contribution in [-0.2, 0) is 0 Å². The van der Waals surface area contributed by atoms with E-state index in [2.05, 4.69) is 32.9 Å². The lowest BCUT2D eigenvalue weighted by Crippen LogP contribution is -1.96. The quantitative estimate of drug-likeness (QED) is 0.639. The molecule has 1 nitrogen and oxygen atoms in total. The van der Waals surface area contributed by atoms with Crippen LogP contribution in [-0.4, -0.2) is 0 Å². The van der Waals surface area contributed by atoms with Crippen molar-refractivity contribution in [2.75, 3.05) is 0 Å². The highest BCUT2D eigenvalue weighted by molar-refractivity contribution is 5.46. The van der Waals surface area contributed by atoms with E-state index in [-0.39, 0.29) is 0 Å². The Kier molecular flexibility index (Phi) is 2.72. The molecule has 0 amide bonds. The third kappa shape index (κ3) is 1.72. The van der Waals surface area contributed by atoms with E-state index < -0.39 is 0 Å². The van der Waals surface area contributed by atoms with Gasteiger partial charge in [0.05, 0.1) is 11.6 Å². The Labute approximate surface area is 80.0 Å². The Bertz CT molecular complexity index is 356. The first-order valence-electron chi connectivity index (χ1n) is 4.58. The van der Waals surface area contributed by atoms with Gasteiger partial charge in [0.1, 0.15) is 0 Å². The zero-order valence-electron chi connectivity index (χ0n) is 8.68. The Morgan fingerprint density at radius 3 is 2.23 bits per heavy atom. The first kappa shape index (κ1) is 9.80. The summed E-state index contributed by atoms with van der Waals surface area (Å²) in [6, 6.07) is 6.18. The molecule has 0 bridgehead atoms. The molecule has 1 aromatic carbocycles. The van der Waals surface area contributed by atoms with Crippen LogP contribution in [0.2, 0.25) is 0 Å². The molecule has 0 aliphatic carbocycles. The van der Waals surface area contributed by atoms with Crippen LogP contribution in [0.5, 0.6) is 0 Å². The van der Waals surface area contributed by atoms with Gasteiger partial charge < -0.3 is 0 Å². The lowest BCUT2D eigenvalue weighted by Gasteiger charge is -2.12. The largest absolute Gasteiger partial charge is 0.192 e. The topological polar surface area (TPSA) is 23.8 Å². The maximum absolute atomic E-state index is 8.82. The molecule has 0 radical (unpaired) electrons. The van der Waals surface area contributed by atoms with Gasteiger partial charge in [-0.15, -0.1) is 0 Å². The van der Waals surface area contributed by atoms with Crippen LogP contribution in [0.15, 0.2) is 12.1 Å². The van der Waals surface area contributed by atoms with Gasteiger partial charge in [-0.3, -0.25) is 0 Å². The van der Waals surface area contributed by atoms with Gasteiger partial charge in [0, 0.05) is 0 Å². The molecule has 0 fully saturated rings. The summed E-state index contributed by atoms with van der Waals surface area (Å²) < 4.78 is 0. The SMILES string of the molecule is Cc1c(C#N)ccc(C(C)C)c1C. The summed E-state index contributed by atoms with van der Waals surface area (Å²) in [6.45, 7) is 8.45. The van der Waals surface area contributed by atoms with Gasteiger partial charge in [-0.2, -0.15) is 5.26 Å². The monoisotopic (exact) mass is 173 g/mol. The zero-order valence-corrected chi connectivity index (χ0v) is 8.68. The van der Waals surface area contributed by atoms with Crippen molar-refractivity contribution in [1.82, 2.24) is 0 Å². The van der Waals surface area contributed by atoms with E-state index in [0.717, 1.165) is 11.1 Å². The zero-order chi connectivity index (χ0) is 10.0. The molecule has 68 valence electrons. The van der Waals surface area contributed by atoms with Gasteiger partial charge in [0.15, 0.2) is 0 Å². The predicted molar refractivity (Wildman–Crippen MR) is 54.7 cm³/mol. The molecule has 13 heavy (non-hydrogen) atoms. The second-order valence-corrected chi connectivity index (χ2v) is 3.72. The lowest BCUT2D eigenvalue weighted by molar-refractivity contribution is 0.853. The van der Waals surface area contributed by atoms with E-state index in [4.69, 9.17) is 5.26 Å². The van der Waals surface area contributed by atoms with Crippen molar-refractivity contribution < 1.29 is 0 Å². The fraction of sp³-hybridized carbons (Fsp3) is 0.417. The van der Waals surface area contributed by atoms with Gasteiger partial charge >= 0.3 is 0 Å². The van der Waals surface area contributed by atoms with Crippen molar-refractivity contribution in [3.63, 3.8) is 0 Å². The lowest BCUT2D eigenvalue weighted by atomic mass is 9.92. The van der Waals surface area contributed by atoms with Crippen molar-refractivity contribution in [3.8, 4) is 6.07 Å². The second kappa shape index (κ2) is 3.62. The van der Waals surface area contributed by atoms with Crippen molar-refractivity contribution in [2.45, 2.75) is 33.6 Å².